The molecule has 0 unspecified atom stereocenters. The van der Waals surface area contributed by atoms with E-state index in [1.54, 1.807) is 18.3 Å². The third-order valence-electron chi connectivity index (χ3n) is 6.34. The fraction of sp³-hybridized carbons (Fsp3) is 0.259. The zero-order valence-corrected chi connectivity index (χ0v) is 19.3. The lowest BCUT2D eigenvalue weighted by Gasteiger charge is -2.26. The molecule has 0 bridgehead atoms. The average Bonchev–Trinajstić information content (AvgIpc) is 3.32. The van der Waals surface area contributed by atoms with Gasteiger partial charge in [0.2, 0.25) is 0 Å². The van der Waals surface area contributed by atoms with E-state index in [1.165, 1.54) is 0 Å². The number of nitrogens with zero attached hydrogens (tertiary/aromatic N) is 6. The smallest absolute Gasteiger partial charge is 0.162 e. The molecule has 0 amide bonds. The van der Waals surface area contributed by atoms with Crippen LogP contribution in [0.4, 0.5) is 0 Å². The van der Waals surface area contributed by atoms with Gasteiger partial charge < -0.3 is 10.2 Å². The lowest BCUT2D eigenvalue weighted by molar-refractivity contribution is 0.238. The fourth-order valence-corrected chi connectivity index (χ4v) is 4.48. The van der Waals surface area contributed by atoms with Crippen molar-refractivity contribution >= 4 is 17.8 Å². The van der Waals surface area contributed by atoms with Crippen LogP contribution in [0.1, 0.15) is 23.4 Å². The van der Waals surface area contributed by atoms with Crippen LogP contribution in [0.15, 0.2) is 62.3 Å². The van der Waals surface area contributed by atoms with Gasteiger partial charge in [-0.1, -0.05) is 25.3 Å². The molecule has 1 fully saturated rings. The number of aromatic nitrogens is 5. The van der Waals surface area contributed by atoms with Crippen molar-refractivity contribution in [3.63, 3.8) is 0 Å². The highest BCUT2D eigenvalue weighted by molar-refractivity contribution is 5.85. The Morgan fingerprint density at radius 3 is 2.53 bits per heavy atom. The molecule has 0 aliphatic carbocycles. The van der Waals surface area contributed by atoms with Crippen molar-refractivity contribution in [2.45, 2.75) is 12.8 Å². The third-order valence-corrected chi connectivity index (χ3v) is 6.34. The van der Waals surface area contributed by atoms with Gasteiger partial charge in [-0.05, 0) is 43.2 Å². The first-order chi connectivity index (χ1) is 16.8. The zero-order chi connectivity index (χ0) is 23.3. The van der Waals surface area contributed by atoms with Crippen molar-refractivity contribution in [3.8, 4) is 22.3 Å². The van der Waals surface area contributed by atoms with E-state index in [9.17, 15) is 0 Å². The number of piperazine rings is 1. The summed E-state index contributed by atoms with van der Waals surface area (Å²) in [5, 5.41) is 7.96. The first-order valence-electron chi connectivity index (χ1n) is 11.7. The van der Waals surface area contributed by atoms with E-state index in [-0.39, 0.29) is 0 Å². The average molecular weight is 452 g/mol. The van der Waals surface area contributed by atoms with Crippen molar-refractivity contribution < 1.29 is 0 Å². The summed E-state index contributed by atoms with van der Waals surface area (Å²) in [7, 11) is 0. The van der Waals surface area contributed by atoms with Gasteiger partial charge in [0.15, 0.2) is 5.65 Å². The Bertz CT molecular complexity index is 1300. The Balaban J connectivity index is 1.32. The summed E-state index contributed by atoms with van der Waals surface area (Å²) in [6.07, 6.45) is 15.1. The van der Waals surface area contributed by atoms with Crippen LogP contribution < -0.4 is 5.32 Å². The first kappa shape index (κ1) is 22.1. The molecule has 0 spiro atoms. The van der Waals surface area contributed by atoms with Gasteiger partial charge in [-0.2, -0.15) is 5.10 Å². The largest absolute Gasteiger partial charge is 0.314 e. The Morgan fingerprint density at radius 1 is 0.912 bits per heavy atom. The van der Waals surface area contributed by atoms with E-state index in [0.717, 1.165) is 90.4 Å². The minimum absolute atomic E-state index is 0.783. The summed E-state index contributed by atoms with van der Waals surface area (Å²) >= 11 is 0. The molecule has 1 saturated heterocycles. The van der Waals surface area contributed by atoms with Gasteiger partial charge in [-0.25, -0.2) is 9.50 Å². The molecule has 7 nitrogen and oxygen atoms in total. The van der Waals surface area contributed by atoms with Crippen LogP contribution in [0, 0.1) is 0 Å². The van der Waals surface area contributed by atoms with Crippen LogP contribution in [0.25, 0.3) is 40.1 Å². The van der Waals surface area contributed by atoms with Crippen molar-refractivity contribution in [1.29, 1.82) is 0 Å². The summed E-state index contributed by atoms with van der Waals surface area (Å²) < 4.78 is 1.81. The molecule has 4 aromatic rings. The number of rotatable bonds is 8. The van der Waals surface area contributed by atoms with Crippen LogP contribution in [0.3, 0.4) is 0 Å². The molecular weight excluding hydrogens is 422 g/mol. The minimum atomic E-state index is 0.783. The van der Waals surface area contributed by atoms with Gasteiger partial charge in [0.1, 0.15) is 0 Å². The Hall–Kier alpha value is -3.68. The number of aryl methyl sites for hydroxylation is 1. The quantitative estimate of drug-likeness (QED) is 0.437. The van der Waals surface area contributed by atoms with Crippen molar-refractivity contribution in [2.24, 2.45) is 0 Å². The second-order valence-corrected chi connectivity index (χ2v) is 8.47. The van der Waals surface area contributed by atoms with E-state index < -0.39 is 0 Å². The Morgan fingerprint density at radius 2 is 1.76 bits per heavy atom. The summed E-state index contributed by atoms with van der Waals surface area (Å²) in [6.45, 7) is 13.4. The molecule has 1 aliphatic heterocycles. The third kappa shape index (κ3) is 4.53. The summed E-state index contributed by atoms with van der Waals surface area (Å²) in [6, 6.07) is 6.20. The molecule has 0 saturated carbocycles. The van der Waals surface area contributed by atoms with Crippen LogP contribution >= 0.6 is 0 Å². The van der Waals surface area contributed by atoms with Gasteiger partial charge in [-0.15, -0.1) is 0 Å². The van der Waals surface area contributed by atoms with Gasteiger partial charge in [0, 0.05) is 78.9 Å². The molecule has 0 radical (unpaired) electrons. The molecule has 172 valence electrons. The maximum absolute atomic E-state index is 4.73. The van der Waals surface area contributed by atoms with Crippen LogP contribution in [-0.2, 0) is 6.42 Å². The molecule has 5 rings (SSSR count). The van der Waals surface area contributed by atoms with Crippen molar-refractivity contribution in [2.75, 3.05) is 32.7 Å². The number of nitrogens with one attached hydrogen (secondary N) is 1. The molecular formula is C27H29N7. The standard InChI is InChI=1S/C27H29N7/c1-3-23-24(9-10-29-26(23)4-2)25-18-32-34-19-21(17-31-27(25)34)20-7-8-22(30-16-20)6-5-13-33-14-11-28-12-15-33/h3-4,7-10,16-19,28H,1-2,5-6,11-15H2. The van der Waals surface area contributed by atoms with Crippen LogP contribution in [0.5, 0.6) is 0 Å². The summed E-state index contributed by atoms with van der Waals surface area (Å²) in [4.78, 5) is 16.3. The second kappa shape index (κ2) is 10.1. The highest BCUT2D eigenvalue weighted by Crippen LogP contribution is 2.30. The minimum Gasteiger partial charge on any atom is -0.314 e. The Labute approximate surface area is 199 Å². The molecule has 34 heavy (non-hydrogen) atoms. The van der Waals surface area contributed by atoms with E-state index in [1.807, 2.05) is 35.4 Å². The monoisotopic (exact) mass is 451 g/mol. The molecule has 0 atom stereocenters. The number of hydrogen-bond donors (Lipinski definition) is 1. The fourth-order valence-electron chi connectivity index (χ4n) is 4.48. The maximum atomic E-state index is 4.73. The van der Waals surface area contributed by atoms with Crippen molar-refractivity contribution in [3.05, 3.63) is 79.3 Å². The lowest BCUT2D eigenvalue weighted by atomic mass is 10.0. The molecule has 5 heterocycles. The second-order valence-electron chi connectivity index (χ2n) is 8.47. The highest BCUT2D eigenvalue weighted by Gasteiger charge is 2.14. The zero-order valence-electron chi connectivity index (χ0n) is 19.3. The lowest BCUT2D eigenvalue weighted by Crippen LogP contribution is -2.43. The van der Waals surface area contributed by atoms with Gasteiger partial charge in [0.05, 0.1) is 11.9 Å². The SMILES string of the molecule is C=Cc1nccc(-c2cnn3cc(-c4ccc(CCCN5CCNCC5)nc4)cnc23)c1C=C. The van der Waals surface area contributed by atoms with Crippen molar-refractivity contribution in [1.82, 2.24) is 34.8 Å². The van der Waals surface area contributed by atoms with Crippen LogP contribution in [0.2, 0.25) is 0 Å². The van der Waals surface area contributed by atoms with E-state index in [0.29, 0.717) is 0 Å². The predicted molar refractivity (Wildman–Crippen MR) is 137 cm³/mol. The normalized spacial score (nSPS) is 14.4. The number of hydrogen-bond acceptors (Lipinski definition) is 6. The molecule has 4 aromatic heterocycles. The molecule has 7 heteroatoms. The van der Waals surface area contributed by atoms with Gasteiger partial charge in [-0.3, -0.25) is 9.97 Å². The number of pyridine rings is 2. The van der Waals surface area contributed by atoms with E-state index in [2.05, 4.69) is 45.6 Å². The molecule has 1 aliphatic rings. The number of fused-ring (bicyclic) bond motifs is 1. The molecule has 0 aromatic carbocycles. The van der Waals surface area contributed by atoms with Gasteiger partial charge >= 0.3 is 0 Å². The highest BCUT2D eigenvalue weighted by atomic mass is 15.2. The molecule has 1 N–H and O–H groups in total. The van der Waals surface area contributed by atoms with E-state index >= 15 is 0 Å². The Kier molecular flexibility index (Phi) is 6.56. The summed E-state index contributed by atoms with van der Waals surface area (Å²) in [5.74, 6) is 0. The predicted octanol–water partition coefficient (Wildman–Crippen LogP) is 3.98. The topological polar surface area (TPSA) is 71.2 Å². The maximum Gasteiger partial charge on any atom is 0.162 e. The van der Waals surface area contributed by atoms with Crippen LogP contribution in [-0.4, -0.2) is 62.2 Å². The van der Waals surface area contributed by atoms with Gasteiger partial charge in [0.25, 0.3) is 0 Å². The van der Waals surface area contributed by atoms with E-state index in [4.69, 9.17) is 9.97 Å². The first-order valence-corrected chi connectivity index (χ1v) is 11.7. The summed E-state index contributed by atoms with van der Waals surface area (Å²) in [5.41, 5.74) is 7.56.